The summed E-state index contributed by atoms with van der Waals surface area (Å²) in [6.07, 6.45) is 1.66. The fraction of sp³-hybridized carbons (Fsp3) is 0.300. The summed E-state index contributed by atoms with van der Waals surface area (Å²) in [5.74, 6) is 0.368. The number of rotatable bonds is 2. The van der Waals surface area contributed by atoms with Crippen LogP contribution in [0.25, 0.3) is 11.2 Å². The number of Topliss-reactive ketones (excluding diaryl/α,β-unsaturated/α-hetero) is 1. The van der Waals surface area contributed by atoms with Crippen molar-refractivity contribution in [3.05, 3.63) is 24.2 Å². The van der Waals surface area contributed by atoms with E-state index in [2.05, 4.69) is 15.0 Å². The number of pyridine rings is 1. The van der Waals surface area contributed by atoms with Crippen LogP contribution in [0.1, 0.15) is 24.5 Å². The van der Waals surface area contributed by atoms with Gasteiger partial charge in [0, 0.05) is 12.1 Å². The summed E-state index contributed by atoms with van der Waals surface area (Å²) < 4.78 is 0. The monoisotopic (exact) mass is 189 g/mol. The number of ketones is 1. The lowest BCUT2D eigenvalue weighted by Gasteiger charge is -1.97. The summed E-state index contributed by atoms with van der Waals surface area (Å²) in [5, 5.41) is 0. The van der Waals surface area contributed by atoms with Gasteiger partial charge < -0.3 is 4.98 Å². The SMILES string of the molecule is CC(C)C(=O)c1nc2ncccc2[nH]1. The Labute approximate surface area is 81.4 Å². The first-order valence-electron chi connectivity index (χ1n) is 4.53. The fourth-order valence-corrected chi connectivity index (χ4v) is 1.24. The molecule has 4 nitrogen and oxygen atoms in total. The van der Waals surface area contributed by atoms with Crippen LogP contribution in [0.3, 0.4) is 0 Å². The van der Waals surface area contributed by atoms with Gasteiger partial charge in [0.2, 0.25) is 5.78 Å². The lowest BCUT2D eigenvalue weighted by atomic mass is 10.1. The highest BCUT2D eigenvalue weighted by Crippen LogP contribution is 2.10. The molecule has 2 aromatic heterocycles. The van der Waals surface area contributed by atoms with Gasteiger partial charge in [0.05, 0.1) is 5.52 Å². The van der Waals surface area contributed by atoms with Gasteiger partial charge >= 0.3 is 0 Å². The molecule has 0 aliphatic rings. The lowest BCUT2D eigenvalue weighted by molar-refractivity contribution is 0.0930. The molecule has 2 aromatic rings. The van der Waals surface area contributed by atoms with Gasteiger partial charge in [-0.3, -0.25) is 4.79 Å². The molecule has 0 spiro atoms. The maximum Gasteiger partial charge on any atom is 0.200 e. The smallest absolute Gasteiger partial charge is 0.200 e. The molecule has 4 heteroatoms. The van der Waals surface area contributed by atoms with Crippen molar-refractivity contribution in [3.63, 3.8) is 0 Å². The summed E-state index contributed by atoms with van der Waals surface area (Å²) in [6, 6.07) is 3.66. The van der Waals surface area contributed by atoms with E-state index in [1.54, 1.807) is 6.20 Å². The molecule has 0 unspecified atom stereocenters. The number of hydrogen-bond donors (Lipinski definition) is 1. The molecule has 0 aromatic carbocycles. The van der Waals surface area contributed by atoms with Crippen LogP contribution in [-0.2, 0) is 0 Å². The number of fused-ring (bicyclic) bond motifs is 1. The van der Waals surface area contributed by atoms with E-state index < -0.39 is 0 Å². The van der Waals surface area contributed by atoms with Gasteiger partial charge in [-0.15, -0.1) is 0 Å². The number of carbonyl (C=O) groups excluding carboxylic acids is 1. The van der Waals surface area contributed by atoms with Gasteiger partial charge in [-0.05, 0) is 12.1 Å². The molecule has 0 saturated carbocycles. The van der Waals surface area contributed by atoms with Crippen molar-refractivity contribution in [1.29, 1.82) is 0 Å². The highest BCUT2D eigenvalue weighted by molar-refractivity contribution is 5.96. The highest BCUT2D eigenvalue weighted by Gasteiger charge is 2.14. The molecule has 72 valence electrons. The van der Waals surface area contributed by atoms with Crippen molar-refractivity contribution in [2.45, 2.75) is 13.8 Å². The number of nitrogens with zero attached hydrogens (tertiary/aromatic N) is 2. The number of H-pyrrole nitrogens is 1. The maximum atomic E-state index is 11.6. The fourth-order valence-electron chi connectivity index (χ4n) is 1.24. The van der Waals surface area contributed by atoms with E-state index in [-0.39, 0.29) is 11.7 Å². The first-order valence-corrected chi connectivity index (χ1v) is 4.53. The Bertz CT molecular complexity index is 440. The summed E-state index contributed by atoms with van der Waals surface area (Å²) >= 11 is 0. The molecule has 0 amide bonds. The van der Waals surface area contributed by atoms with E-state index in [0.717, 1.165) is 5.52 Å². The van der Waals surface area contributed by atoms with Gasteiger partial charge in [-0.1, -0.05) is 13.8 Å². The molecule has 14 heavy (non-hydrogen) atoms. The van der Waals surface area contributed by atoms with Crippen LogP contribution in [0.2, 0.25) is 0 Å². The quantitative estimate of drug-likeness (QED) is 0.733. The second-order valence-corrected chi connectivity index (χ2v) is 3.48. The molecule has 0 radical (unpaired) electrons. The number of aromatic amines is 1. The van der Waals surface area contributed by atoms with Crippen molar-refractivity contribution < 1.29 is 4.79 Å². The molecular formula is C10H11N3O. The average Bonchev–Trinajstić information content (AvgIpc) is 2.59. The lowest BCUT2D eigenvalue weighted by Crippen LogP contribution is -2.09. The summed E-state index contributed by atoms with van der Waals surface area (Å²) in [5.41, 5.74) is 1.40. The van der Waals surface area contributed by atoms with E-state index in [1.165, 1.54) is 0 Å². The molecule has 2 heterocycles. The second kappa shape index (κ2) is 3.21. The van der Waals surface area contributed by atoms with Crippen LogP contribution in [0.5, 0.6) is 0 Å². The molecule has 0 aliphatic carbocycles. The number of aromatic nitrogens is 3. The van der Waals surface area contributed by atoms with Crippen LogP contribution in [-0.4, -0.2) is 20.7 Å². The molecular weight excluding hydrogens is 178 g/mol. The number of nitrogens with one attached hydrogen (secondary N) is 1. The summed E-state index contributed by atoms with van der Waals surface area (Å²) in [6.45, 7) is 3.70. The third kappa shape index (κ3) is 1.39. The summed E-state index contributed by atoms with van der Waals surface area (Å²) in [7, 11) is 0. The normalized spacial score (nSPS) is 11.1. The van der Waals surface area contributed by atoms with Crippen molar-refractivity contribution >= 4 is 16.9 Å². The molecule has 2 rings (SSSR count). The predicted octanol–water partition coefficient (Wildman–Crippen LogP) is 1.80. The van der Waals surface area contributed by atoms with Crippen LogP contribution in [0.4, 0.5) is 0 Å². The van der Waals surface area contributed by atoms with Gasteiger partial charge in [0.15, 0.2) is 11.5 Å². The molecule has 0 atom stereocenters. The zero-order chi connectivity index (χ0) is 10.1. The molecule has 0 bridgehead atoms. The number of carbonyl (C=O) groups is 1. The van der Waals surface area contributed by atoms with E-state index in [4.69, 9.17) is 0 Å². The Morgan fingerprint density at radius 1 is 1.50 bits per heavy atom. The van der Waals surface area contributed by atoms with Gasteiger partial charge in [0.25, 0.3) is 0 Å². The van der Waals surface area contributed by atoms with Crippen LogP contribution in [0, 0.1) is 5.92 Å². The van der Waals surface area contributed by atoms with Crippen LogP contribution < -0.4 is 0 Å². The van der Waals surface area contributed by atoms with Crippen molar-refractivity contribution in [1.82, 2.24) is 15.0 Å². The van der Waals surface area contributed by atoms with Gasteiger partial charge in [-0.2, -0.15) is 0 Å². The maximum absolute atomic E-state index is 11.6. The molecule has 1 N–H and O–H groups in total. The Kier molecular flexibility index (Phi) is 2.04. The highest BCUT2D eigenvalue weighted by atomic mass is 16.1. The first-order chi connectivity index (χ1) is 6.68. The zero-order valence-corrected chi connectivity index (χ0v) is 8.11. The summed E-state index contributed by atoms with van der Waals surface area (Å²) in [4.78, 5) is 22.7. The van der Waals surface area contributed by atoms with Gasteiger partial charge in [-0.25, -0.2) is 9.97 Å². The Hall–Kier alpha value is -1.71. The third-order valence-corrected chi connectivity index (χ3v) is 2.02. The molecule has 0 aliphatic heterocycles. The van der Waals surface area contributed by atoms with Crippen LogP contribution >= 0.6 is 0 Å². The first kappa shape index (κ1) is 8.87. The van der Waals surface area contributed by atoms with E-state index in [1.807, 2.05) is 26.0 Å². The zero-order valence-electron chi connectivity index (χ0n) is 8.11. The minimum absolute atomic E-state index is 0.0167. The van der Waals surface area contributed by atoms with Crippen LogP contribution in [0.15, 0.2) is 18.3 Å². The minimum atomic E-state index is -0.0458. The van der Waals surface area contributed by atoms with E-state index in [9.17, 15) is 4.79 Å². The van der Waals surface area contributed by atoms with E-state index >= 15 is 0 Å². The third-order valence-electron chi connectivity index (χ3n) is 2.02. The number of hydrogen-bond acceptors (Lipinski definition) is 3. The Morgan fingerprint density at radius 3 is 2.93 bits per heavy atom. The average molecular weight is 189 g/mol. The largest absolute Gasteiger partial charge is 0.334 e. The van der Waals surface area contributed by atoms with E-state index in [0.29, 0.717) is 11.5 Å². The Morgan fingerprint density at radius 2 is 2.29 bits per heavy atom. The molecule has 0 fully saturated rings. The number of imidazole rings is 1. The van der Waals surface area contributed by atoms with Crippen molar-refractivity contribution in [3.8, 4) is 0 Å². The predicted molar refractivity (Wildman–Crippen MR) is 53.1 cm³/mol. The molecule has 0 saturated heterocycles. The minimum Gasteiger partial charge on any atom is -0.334 e. The van der Waals surface area contributed by atoms with Crippen molar-refractivity contribution in [2.24, 2.45) is 5.92 Å². The van der Waals surface area contributed by atoms with Gasteiger partial charge in [0.1, 0.15) is 0 Å². The topological polar surface area (TPSA) is 58.6 Å². The van der Waals surface area contributed by atoms with Crippen molar-refractivity contribution in [2.75, 3.05) is 0 Å². The Balaban J connectivity index is 2.50. The standard InChI is InChI=1S/C10H11N3O/c1-6(2)8(14)10-12-7-4-3-5-11-9(7)13-10/h3-6H,1-2H3,(H,11,12,13). The second-order valence-electron chi connectivity index (χ2n) is 3.48.